The van der Waals surface area contributed by atoms with Gasteiger partial charge in [-0.2, -0.15) is 0 Å². The highest BCUT2D eigenvalue weighted by Crippen LogP contribution is 2.24. The number of likely N-dealkylation sites (tertiary alicyclic amines) is 1. The van der Waals surface area contributed by atoms with Crippen LogP contribution in [0.25, 0.3) is 0 Å². The fraction of sp³-hybridized carbons (Fsp3) is 0.533. The van der Waals surface area contributed by atoms with Gasteiger partial charge in [-0.3, -0.25) is 0 Å². The standard InChI is InChI=1S/C15H22N2O5S/c1-3-22-15(18)17-10-8-12(9-11-17)16-23(19,20)14-7-5-4-6-13(14)21-2/h4-7,12,16H,3,8-11H2,1-2H3. The number of carbonyl (C=O) groups is 1. The minimum atomic E-state index is -3.66. The van der Waals surface area contributed by atoms with Crippen molar-refractivity contribution < 1.29 is 22.7 Å². The van der Waals surface area contributed by atoms with Crippen molar-refractivity contribution in [3.05, 3.63) is 24.3 Å². The fourth-order valence-corrected chi connectivity index (χ4v) is 3.99. The summed E-state index contributed by atoms with van der Waals surface area (Å²) in [5.41, 5.74) is 0. The molecule has 1 amide bonds. The second-order valence-electron chi connectivity index (χ2n) is 5.23. The van der Waals surface area contributed by atoms with Gasteiger partial charge in [-0.25, -0.2) is 17.9 Å². The first kappa shape index (κ1) is 17.6. The van der Waals surface area contributed by atoms with E-state index in [1.807, 2.05) is 0 Å². The lowest BCUT2D eigenvalue weighted by molar-refractivity contribution is 0.0966. The Kier molecular flexibility index (Phi) is 5.84. The van der Waals surface area contributed by atoms with E-state index in [2.05, 4.69) is 4.72 Å². The number of benzene rings is 1. The zero-order chi connectivity index (χ0) is 16.9. The van der Waals surface area contributed by atoms with Gasteiger partial charge in [0.05, 0.1) is 13.7 Å². The molecular weight excluding hydrogens is 320 g/mol. The number of nitrogens with one attached hydrogen (secondary N) is 1. The first-order valence-electron chi connectivity index (χ1n) is 7.55. The number of carbonyl (C=O) groups excluding carboxylic acids is 1. The predicted molar refractivity (Wildman–Crippen MR) is 84.9 cm³/mol. The van der Waals surface area contributed by atoms with E-state index in [1.54, 1.807) is 30.0 Å². The largest absolute Gasteiger partial charge is 0.495 e. The number of sulfonamides is 1. The molecular formula is C15H22N2O5S. The van der Waals surface area contributed by atoms with Crippen LogP contribution in [0, 0.1) is 0 Å². The zero-order valence-electron chi connectivity index (χ0n) is 13.3. The second-order valence-corrected chi connectivity index (χ2v) is 6.91. The minimum absolute atomic E-state index is 0.121. The third kappa shape index (κ3) is 4.35. The Labute approximate surface area is 136 Å². The number of rotatable bonds is 5. The van der Waals surface area contributed by atoms with Gasteiger partial charge in [-0.1, -0.05) is 12.1 Å². The number of para-hydroxylation sites is 1. The Bertz CT molecular complexity index is 639. The maximum atomic E-state index is 12.5. The van der Waals surface area contributed by atoms with Crippen LogP contribution in [0.2, 0.25) is 0 Å². The second kappa shape index (κ2) is 7.65. The van der Waals surface area contributed by atoms with E-state index in [0.717, 1.165) is 0 Å². The van der Waals surface area contributed by atoms with Gasteiger partial charge in [-0.05, 0) is 31.9 Å². The maximum Gasteiger partial charge on any atom is 0.409 e. The van der Waals surface area contributed by atoms with E-state index in [-0.39, 0.29) is 17.0 Å². The van der Waals surface area contributed by atoms with Gasteiger partial charge in [0.15, 0.2) is 0 Å². The summed E-state index contributed by atoms with van der Waals surface area (Å²) in [4.78, 5) is 13.4. The molecule has 1 N–H and O–H groups in total. The van der Waals surface area contributed by atoms with Crippen molar-refractivity contribution in [3.63, 3.8) is 0 Å². The van der Waals surface area contributed by atoms with E-state index < -0.39 is 10.0 Å². The van der Waals surface area contributed by atoms with Crippen LogP contribution in [-0.2, 0) is 14.8 Å². The lowest BCUT2D eigenvalue weighted by atomic mass is 10.1. The van der Waals surface area contributed by atoms with E-state index in [1.165, 1.54) is 13.2 Å². The average Bonchev–Trinajstić information content (AvgIpc) is 2.55. The van der Waals surface area contributed by atoms with Crippen LogP contribution in [0.15, 0.2) is 29.2 Å². The summed E-state index contributed by atoms with van der Waals surface area (Å²) in [6, 6.07) is 6.28. The van der Waals surface area contributed by atoms with Gasteiger partial charge >= 0.3 is 6.09 Å². The third-order valence-electron chi connectivity index (χ3n) is 3.70. The lowest BCUT2D eigenvalue weighted by Gasteiger charge is -2.31. The van der Waals surface area contributed by atoms with Crippen LogP contribution in [0.4, 0.5) is 4.79 Å². The molecule has 0 spiro atoms. The predicted octanol–water partition coefficient (Wildman–Crippen LogP) is 1.59. The maximum absolute atomic E-state index is 12.5. The van der Waals surface area contributed by atoms with Crippen molar-refractivity contribution in [1.29, 1.82) is 0 Å². The molecule has 7 nitrogen and oxygen atoms in total. The Morgan fingerprint density at radius 3 is 2.57 bits per heavy atom. The highest BCUT2D eigenvalue weighted by molar-refractivity contribution is 7.89. The highest BCUT2D eigenvalue weighted by Gasteiger charge is 2.28. The van der Waals surface area contributed by atoms with Crippen LogP contribution in [-0.4, -0.2) is 52.3 Å². The van der Waals surface area contributed by atoms with Gasteiger partial charge in [0.2, 0.25) is 10.0 Å². The molecule has 2 rings (SSSR count). The molecule has 0 bridgehead atoms. The average molecular weight is 342 g/mol. The van der Waals surface area contributed by atoms with Gasteiger partial charge in [-0.15, -0.1) is 0 Å². The smallest absolute Gasteiger partial charge is 0.409 e. The summed E-state index contributed by atoms with van der Waals surface area (Å²) < 4.78 is 37.8. The molecule has 128 valence electrons. The van der Waals surface area contributed by atoms with Crippen LogP contribution in [0.1, 0.15) is 19.8 Å². The highest BCUT2D eigenvalue weighted by atomic mass is 32.2. The van der Waals surface area contributed by atoms with Crippen LogP contribution in [0.5, 0.6) is 5.75 Å². The zero-order valence-corrected chi connectivity index (χ0v) is 14.1. The summed E-state index contributed by atoms with van der Waals surface area (Å²) in [6.45, 7) is 3.03. The quantitative estimate of drug-likeness (QED) is 0.878. The lowest BCUT2D eigenvalue weighted by Crippen LogP contribution is -2.46. The molecule has 1 aliphatic rings. The Balaban J connectivity index is 1.99. The van der Waals surface area contributed by atoms with Crippen LogP contribution >= 0.6 is 0 Å². The first-order chi connectivity index (χ1) is 11.0. The van der Waals surface area contributed by atoms with Gasteiger partial charge < -0.3 is 14.4 Å². The fourth-order valence-electron chi connectivity index (χ4n) is 2.52. The SMILES string of the molecule is CCOC(=O)N1CCC(NS(=O)(=O)c2ccccc2OC)CC1. The Morgan fingerprint density at radius 1 is 1.30 bits per heavy atom. The molecule has 0 aromatic heterocycles. The number of hydrogen-bond donors (Lipinski definition) is 1. The molecule has 0 unspecified atom stereocenters. The normalized spacial score (nSPS) is 16.2. The molecule has 0 aliphatic carbocycles. The molecule has 1 aromatic carbocycles. The third-order valence-corrected chi connectivity index (χ3v) is 5.26. The van der Waals surface area contributed by atoms with Crippen molar-refractivity contribution in [2.24, 2.45) is 0 Å². The van der Waals surface area contributed by atoms with E-state index in [0.29, 0.717) is 38.3 Å². The minimum Gasteiger partial charge on any atom is -0.495 e. The molecule has 23 heavy (non-hydrogen) atoms. The molecule has 1 heterocycles. The summed E-state index contributed by atoms with van der Waals surface area (Å²) in [5, 5.41) is 0. The molecule has 8 heteroatoms. The topological polar surface area (TPSA) is 84.9 Å². The number of nitrogens with zero attached hydrogens (tertiary/aromatic N) is 1. The number of methoxy groups -OCH3 is 1. The van der Waals surface area contributed by atoms with Crippen LogP contribution in [0.3, 0.4) is 0 Å². The summed E-state index contributed by atoms with van der Waals surface area (Å²) in [7, 11) is -2.22. The van der Waals surface area contributed by atoms with Crippen molar-refractivity contribution in [2.75, 3.05) is 26.8 Å². The number of piperidine rings is 1. The van der Waals surface area contributed by atoms with Crippen molar-refractivity contribution in [2.45, 2.75) is 30.7 Å². The summed E-state index contributed by atoms with van der Waals surface area (Å²) >= 11 is 0. The molecule has 1 saturated heterocycles. The summed E-state index contributed by atoms with van der Waals surface area (Å²) in [5.74, 6) is 0.309. The molecule has 0 atom stereocenters. The van der Waals surface area contributed by atoms with E-state index >= 15 is 0 Å². The van der Waals surface area contributed by atoms with Gasteiger partial charge in [0.25, 0.3) is 0 Å². The van der Waals surface area contributed by atoms with E-state index in [4.69, 9.17) is 9.47 Å². The van der Waals surface area contributed by atoms with Crippen molar-refractivity contribution in [1.82, 2.24) is 9.62 Å². The molecule has 1 aromatic rings. The van der Waals surface area contributed by atoms with Crippen molar-refractivity contribution >= 4 is 16.1 Å². The number of ether oxygens (including phenoxy) is 2. The molecule has 1 fully saturated rings. The van der Waals surface area contributed by atoms with Crippen molar-refractivity contribution in [3.8, 4) is 5.75 Å². The van der Waals surface area contributed by atoms with Gasteiger partial charge in [0.1, 0.15) is 10.6 Å². The molecule has 0 radical (unpaired) electrons. The van der Waals surface area contributed by atoms with E-state index in [9.17, 15) is 13.2 Å². The number of amides is 1. The Hall–Kier alpha value is -1.80. The first-order valence-corrected chi connectivity index (χ1v) is 9.03. The van der Waals surface area contributed by atoms with Crippen LogP contribution < -0.4 is 9.46 Å². The summed E-state index contributed by atoms with van der Waals surface area (Å²) in [6.07, 6.45) is 0.749. The number of hydrogen-bond acceptors (Lipinski definition) is 5. The monoisotopic (exact) mass is 342 g/mol. The molecule has 1 aliphatic heterocycles. The van der Waals surface area contributed by atoms with Gasteiger partial charge in [0, 0.05) is 19.1 Å². The molecule has 0 saturated carbocycles. The Morgan fingerprint density at radius 2 is 1.96 bits per heavy atom.